The van der Waals surface area contributed by atoms with Gasteiger partial charge in [-0.05, 0) is 39.8 Å². The minimum Gasteiger partial charge on any atom is -0.315 e. The van der Waals surface area contributed by atoms with Gasteiger partial charge in [0.2, 0.25) is 0 Å². The lowest BCUT2D eigenvalue weighted by Gasteiger charge is -2.22. The van der Waals surface area contributed by atoms with Crippen LogP contribution in [0.3, 0.4) is 0 Å². The number of rotatable bonds is 8. The van der Waals surface area contributed by atoms with Crippen LogP contribution >= 0.6 is 0 Å². The van der Waals surface area contributed by atoms with E-state index in [1.165, 1.54) is 0 Å². The minimum atomic E-state index is -0.335. The lowest BCUT2D eigenvalue weighted by Crippen LogP contribution is -2.41. The molecule has 0 saturated heterocycles. The monoisotopic (exact) mass is 200 g/mol. The van der Waals surface area contributed by atoms with Crippen molar-refractivity contribution in [1.82, 2.24) is 10.6 Å². The smallest absolute Gasteiger partial charge is 0.139 e. The Labute approximate surface area is 87.6 Å². The molecule has 0 aliphatic heterocycles. The highest BCUT2D eigenvalue weighted by molar-refractivity contribution is 5.63. The van der Waals surface area contributed by atoms with Crippen LogP contribution in [-0.4, -0.2) is 31.5 Å². The molecule has 0 aromatic heterocycles. The van der Waals surface area contributed by atoms with E-state index in [-0.39, 0.29) is 5.54 Å². The molecule has 0 aromatic carbocycles. The normalized spacial score (nSPS) is 15.5. The number of carbonyl (C=O) groups excluding carboxylic acids is 1. The number of carbonyl (C=O) groups is 1. The van der Waals surface area contributed by atoms with Crippen molar-refractivity contribution in [3.63, 3.8) is 0 Å². The third-order valence-corrected chi connectivity index (χ3v) is 2.51. The van der Waals surface area contributed by atoms with E-state index in [1.807, 2.05) is 14.0 Å². The standard InChI is InChI=1S/C11H24N2O/c1-10(2)13-8-6-5-7-11(3,9-14)12-4/h9-10,12-13H,5-8H2,1-4H3/t11-/m0/s1. The SMILES string of the molecule is CN[C@](C)(C=O)CCCCNC(C)C. The first-order chi connectivity index (χ1) is 6.54. The van der Waals surface area contributed by atoms with Crippen molar-refractivity contribution in [1.29, 1.82) is 0 Å². The third kappa shape index (κ3) is 6.11. The average Bonchev–Trinajstić information content (AvgIpc) is 2.16. The number of nitrogens with one attached hydrogen (secondary N) is 2. The molecule has 0 aliphatic rings. The summed E-state index contributed by atoms with van der Waals surface area (Å²) < 4.78 is 0. The summed E-state index contributed by atoms with van der Waals surface area (Å²) in [6, 6.07) is 0.553. The van der Waals surface area contributed by atoms with E-state index in [1.54, 1.807) is 0 Å². The van der Waals surface area contributed by atoms with Gasteiger partial charge >= 0.3 is 0 Å². The largest absolute Gasteiger partial charge is 0.315 e. The van der Waals surface area contributed by atoms with Crippen molar-refractivity contribution in [2.45, 2.75) is 51.6 Å². The van der Waals surface area contributed by atoms with Crippen LogP contribution in [0.4, 0.5) is 0 Å². The molecular formula is C11H24N2O. The van der Waals surface area contributed by atoms with E-state index >= 15 is 0 Å². The van der Waals surface area contributed by atoms with Gasteiger partial charge in [0.25, 0.3) is 0 Å². The first-order valence-corrected chi connectivity index (χ1v) is 5.42. The summed E-state index contributed by atoms with van der Waals surface area (Å²) in [5, 5.41) is 6.40. The maximum Gasteiger partial charge on any atom is 0.139 e. The predicted molar refractivity (Wildman–Crippen MR) is 60.5 cm³/mol. The van der Waals surface area contributed by atoms with Gasteiger partial charge in [-0.15, -0.1) is 0 Å². The second-order valence-corrected chi connectivity index (χ2v) is 4.35. The predicted octanol–water partition coefficient (Wildman–Crippen LogP) is 1.33. The van der Waals surface area contributed by atoms with Gasteiger partial charge in [0.15, 0.2) is 0 Å². The van der Waals surface area contributed by atoms with Crippen molar-refractivity contribution in [2.24, 2.45) is 0 Å². The van der Waals surface area contributed by atoms with Gasteiger partial charge in [0.05, 0.1) is 5.54 Å². The molecule has 2 N–H and O–H groups in total. The molecule has 84 valence electrons. The van der Waals surface area contributed by atoms with E-state index in [4.69, 9.17) is 0 Å². The molecule has 0 heterocycles. The molecule has 0 radical (unpaired) electrons. The van der Waals surface area contributed by atoms with Gasteiger partial charge in [0, 0.05) is 6.04 Å². The average molecular weight is 200 g/mol. The maximum atomic E-state index is 10.8. The summed E-state index contributed by atoms with van der Waals surface area (Å²) >= 11 is 0. The van der Waals surface area contributed by atoms with Gasteiger partial charge in [0.1, 0.15) is 6.29 Å². The first kappa shape index (κ1) is 13.6. The summed E-state index contributed by atoms with van der Waals surface area (Å²) in [7, 11) is 1.83. The second kappa shape index (κ2) is 6.96. The molecule has 0 rings (SSSR count). The van der Waals surface area contributed by atoms with Crippen molar-refractivity contribution in [3.8, 4) is 0 Å². The Morgan fingerprint density at radius 2 is 2.00 bits per heavy atom. The Bertz CT molecular complexity index is 159. The van der Waals surface area contributed by atoms with Gasteiger partial charge in [-0.2, -0.15) is 0 Å². The first-order valence-electron chi connectivity index (χ1n) is 5.42. The van der Waals surface area contributed by atoms with Crippen LogP contribution in [0.2, 0.25) is 0 Å². The van der Waals surface area contributed by atoms with Crippen LogP contribution in [0.1, 0.15) is 40.0 Å². The molecule has 0 fully saturated rings. The molecule has 3 nitrogen and oxygen atoms in total. The zero-order valence-electron chi connectivity index (χ0n) is 9.89. The molecule has 0 bridgehead atoms. The molecule has 3 heteroatoms. The lowest BCUT2D eigenvalue weighted by atomic mass is 9.97. The second-order valence-electron chi connectivity index (χ2n) is 4.35. The Hall–Kier alpha value is -0.410. The van der Waals surface area contributed by atoms with Crippen molar-refractivity contribution in [2.75, 3.05) is 13.6 Å². The summed E-state index contributed by atoms with van der Waals surface area (Å²) in [6.45, 7) is 7.26. The van der Waals surface area contributed by atoms with Crippen molar-refractivity contribution in [3.05, 3.63) is 0 Å². The topological polar surface area (TPSA) is 41.1 Å². The molecular weight excluding hydrogens is 176 g/mol. The molecule has 1 atom stereocenters. The molecule has 0 aromatic rings. The maximum absolute atomic E-state index is 10.8. The van der Waals surface area contributed by atoms with Gasteiger partial charge in [-0.3, -0.25) is 0 Å². The fraction of sp³-hybridized carbons (Fsp3) is 0.909. The van der Waals surface area contributed by atoms with E-state index in [9.17, 15) is 4.79 Å². The molecule has 14 heavy (non-hydrogen) atoms. The lowest BCUT2D eigenvalue weighted by molar-refractivity contribution is -0.112. The van der Waals surface area contributed by atoms with Crippen LogP contribution < -0.4 is 10.6 Å². The van der Waals surface area contributed by atoms with E-state index < -0.39 is 0 Å². The number of likely N-dealkylation sites (N-methyl/N-ethyl adjacent to an activating group) is 1. The van der Waals surface area contributed by atoms with Crippen LogP contribution in [-0.2, 0) is 4.79 Å². The Kier molecular flexibility index (Phi) is 6.75. The molecule has 0 spiro atoms. The van der Waals surface area contributed by atoms with Crippen LogP contribution in [0, 0.1) is 0 Å². The number of hydrogen-bond acceptors (Lipinski definition) is 3. The summed E-state index contributed by atoms with van der Waals surface area (Å²) in [5.41, 5.74) is -0.335. The summed E-state index contributed by atoms with van der Waals surface area (Å²) in [5.74, 6) is 0. The summed E-state index contributed by atoms with van der Waals surface area (Å²) in [6.07, 6.45) is 4.12. The van der Waals surface area contributed by atoms with Crippen LogP contribution in [0.15, 0.2) is 0 Å². The minimum absolute atomic E-state index is 0.335. The highest BCUT2D eigenvalue weighted by Crippen LogP contribution is 2.09. The van der Waals surface area contributed by atoms with Gasteiger partial charge in [-0.25, -0.2) is 0 Å². The Balaban J connectivity index is 3.48. The molecule has 0 aliphatic carbocycles. The zero-order valence-corrected chi connectivity index (χ0v) is 9.89. The van der Waals surface area contributed by atoms with Crippen molar-refractivity contribution < 1.29 is 4.79 Å². The van der Waals surface area contributed by atoms with Crippen LogP contribution in [0.5, 0.6) is 0 Å². The number of unbranched alkanes of at least 4 members (excludes halogenated alkanes) is 1. The van der Waals surface area contributed by atoms with E-state index in [0.717, 1.165) is 32.1 Å². The Morgan fingerprint density at radius 3 is 2.43 bits per heavy atom. The Morgan fingerprint density at radius 1 is 1.36 bits per heavy atom. The van der Waals surface area contributed by atoms with Crippen molar-refractivity contribution >= 4 is 6.29 Å². The fourth-order valence-corrected chi connectivity index (χ4v) is 1.25. The molecule has 0 amide bonds. The van der Waals surface area contributed by atoms with E-state index in [2.05, 4.69) is 24.5 Å². The zero-order chi connectivity index (χ0) is 11.0. The highest BCUT2D eigenvalue weighted by Gasteiger charge is 2.19. The van der Waals surface area contributed by atoms with E-state index in [0.29, 0.717) is 6.04 Å². The number of aldehydes is 1. The summed E-state index contributed by atoms with van der Waals surface area (Å²) in [4.78, 5) is 10.8. The fourth-order valence-electron chi connectivity index (χ4n) is 1.25. The quantitative estimate of drug-likeness (QED) is 0.459. The highest BCUT2D eigenvalue weighted by atomic mass is 16.1. The third-order valence-electron chi connectivity index (χ3n) is 2.51. The van der Waals surface area contributed by atoms with Crippen LogP contribution in [0.25, 0.3) is 0 Å². The van der Waals surface area contributed by atoms with Gasteiger partial charge < -0.3 is 15.4 Å². The number of hydrogen-bond donors (Lipinski definition) is 2. The molecule has 0 saturated carbocycles. The van der Waals surface area contributed by atoms with Gasteiger partial charge in [-0.1, -0.05) is 13.8 Å². The molecule has 0 unspecified atom stereocenters.